The molecule has 0 fully saturated rings. The van der Waals surface area contributed by atoms with Crippen molar-refractivity contribution in [2.45, 2.75) is 6.92 Å². The Kier molecular flexibility index (Phi) is 4.55. The van der Waals surface area contributed by atoms with Crippen molar-refractivity contribution in [1.82, 2.24) is 24.7 Å². The van der Waals surface area contributed by atoms with Gasteiger partial charge in [-0.15, -0.1) is 11.3 Å². The van der Waals surface area contributed by atoms with Crippen molar-refractivity contribution < 1.29 is 14.6 Å². The van der Waals surface area contributed by atoms with Gasteiger partial charge >= 0.3 is 6.16 Å². The number of aromatic nitrogens is 5. The Morgan fingerprint density at radius 2 is 2.24 bits per heavy atom. The third kappa shape index (κ3) is 3.39. The average molecular weight is 426 g/mol. The molecule has 3 aromatic heterocycles. The van der Waals surface area contributed by atoms with Gasteiger partial charge in [-0.2, -0.15) is 15.1 Å². The highest BCUT2D eigenvalue weighted by atomic mass is 79.9. The van der Waals surface area contributed by atoms with E-state index in [1.54, 1.807) is 5.51 Å². The van der Waals surface area contributed by atoms with Crippen LogP contribution >= 0.6 is 27.3 Å². The van der Waals surface area contributed by atoms with Gasteiger partial charge in [-0.05, 0) is 22.9 Å². The standard InChI is InChI=1S/C13H12BrN7O3S/c1-6-11(25-5-16-6)20(2)10-8(14)9(15)18-12(19-10)21-4-7(3-17-21)24-13(22)23/h3-5H,1-2H3,(H,22,23)(H2,15,18,19). The summed E-state index contributed by atoms with van der Waals surface area (Å²) in [6.07, 6.45) is 1.15. The Balaban J connectivity index is 2.02. The van der Waals surface area contributed by atoms with Gasteiger partial charge in [0, 0.05) is 7.05 Å². The lowest BCUT2D eigenvalue weighted by Crippen LogP contribution is -2.16. The minimum absolute atomic E-state index is 0.0470. The second-order valence-electron chi connectivity index (χ2n) is 4.84. The van der Waals surface area contributed by atoms with E-state index in [-0.39, 0.29) is 17.5 Å². The quantitative estimate of drug-likeness (QED) is 0.604. The van der Waals surface area contributed by atoms with E-state index in [4.69, 9.17) is 10.8 Å². The zero-order chi connectivity index (χ0) is 18.1. The van der Waals surface area contributed by atoms with Gasteiger partial charge in [0.2, 0.25) is 0 Å². The molecule has 12 heteroatoms. The fraction of sp³-hybridized carbons (Fsp3) is 0.154. The van der Waals surface area contributed by atoms with Crippen LogP contribution in [-0.4, -0.2) is 43.0 Å². The lowest BCUT2D eigenvalue weighted by molar-refractivity contribution is 0.144. The third-order valence-corrected chi connectivity index (χ3v) is 4.92. The van der Waals surface area contributed by atoms with Crippen LogP contribution in [0.25, 0.3) is 5.95 Å². The number of halogens is 1. The van der Waals surface area contributed by atoms with Gasteiger partial charge in [0.1, 0.15) is 15.3 Å². The molecule has 0 saturated heterocycles. The number of nitrogens with two attached hydrogens (primary N) is 1. The lowest BCUT2D eigenvalue weighted by Gasteiger charge is -2.19. The maximum absolute atomic E-state index is 10.6. The summed E-state index contributed by atoms with van der Waals surface area (Å²) in [4.78, 5) is 25.3. The fourth-order valence-electron chi connectivity index (χ4n) is 2.05. The Morgan fingerprint density at radius 3 is 2.88 bits per heavy atom. The smallest absolute Gasteiger partial charge is 0.449 e. The van der Waals surface area contributed by atoms with Crippen molar-refractivity contribution in [3.63, 3.8) is 0 Å². The van der Waals surface area contributed by atoms with Crippen LogP contribution in [0.2, 0.25) is 0 Å². The molecule has 3 rings (SSSR count). The van der Waals surface area contributed by atoms with E-state index in [9.17, 15) is 4.79 Å². The zero-order valence-electron chi connectivity index (χ0n) is 13.0. The van der Waals surface area contributed by atoms with Gasteiger partial charge in [0.05, 0.1) is 23.6 Å². The molecule has 0 bridgehead atoms. The van der Waals surface area contributed by atoms with Crippen LogP contribution in [0.15, 0.2) is 22.4 Å². The summed E-state index contributed by atoms with van der Waals surface area (Å²) in [7, 11) is 1.83. The van der Waals surface area contributed by atoms with Gasteiger partial charge in [-0.25, -0.2) is 14.5 Å². The van der Waals surface area contributed by atoms with Crippen LogP contribution in [0.4, 0.5) is 21.4 Å². The van der Waals surface area contributed by atoms with Gasteiger partial charge in [0.15, 0.2) is 11.6 Å². The van der Waals surface area contributed by atoms with E-state index in [0.29, 0.717) is 10.3 Å². The van der Waals surface area contributed by atoms with Crippen LogP contribution < -0.4 is 15.4 Å². The number of hydrogen-bond acceptors (Lipinski definition) is 9. The summed E-state index contributed by atoms with van der Waals surface area (Å²) >= 11 is 4.86. The molecule has 0 aliphatic carbocycles. The highest BCUT2D eigenvalue weighted by Crippen LogP contribution is 2.36. The minimum atomic E-state index is -1.43. The summed E-state index contributed by atoms with van der Waals surface area (Å²) in [5, 5.41) is 13.5. The molecule has 0 spiro atoms. The van der Waals surface area contributed by atoms with Gasteiger partial charge in [-0.3, -0.25) is 0 Å². The van der Waals surface area contributed by atoms with Crippen molar-refractivity contribution in [3.8, 4) is 11.7 Å². The van der Waals surface area contributed by atoms with Gasteiger partial charge in [-0.1, -0.05) is 0 Å². The maximum atomic E-state index is 10.6. The Hall–Kier alpha value is -2.73. The topological polar surface area (TPSA) is 132 Å². The Bertz CT molecular complexity index is 942. The van der Waals surface area contributed by atoms with Crippen LogP contribution in [-0.2, 0) is 0 Å². The summed E-state index contributed by atoms with van der Waals surface area (Å²) in [5.74, 6) is 0.951. The molecule has 130 valence electrons. The fourth-order valence-corrected chi connectivity index (χ4v) is 3.27. The number of nitrogen functional groups attached to an aromatic ring is 1. The molecule has 0 amide bonds. The summed E-state index contributed by atoms with van der Waals surface area (Å²) in [5.41, 5.74) is 8.57. The molecule has 0 aromatic carbocycles. The molecule has 3 aromatic rings. The number of thiazole rings is 1. The highest BCUT2D eigenvalue weighted by molar-refractivity contribution is 9.10. The maximum Gasteiger partial charge on any atom is 0.511 e. The van der Waals surface area contributed by atoms with E-state index >= 15 is 0 Å². The Labute approximate surface area is 154 Å². The first-order chi connectivity index (χ1) is 11.9. The third-order valence-electron chi connectivity index (χ3n) is 3.16. The first-order valence-corrected chi connectivity index (χ1v) is 8.46. The highest BCUT2D eigenvalue weighted by Gasteiger charge is 2.19. The van der Waals surface area contributed by atoms with Crippen molar-refractivity contribution in [2.24, 2.45) is 0 Å². The normalized spacial score (nSPS) is 10.7. The van der Waals surface area contributed by atoms with E-state index in [2.05, 4.69) is 40.7 Å². The van der Waals surface area contributed by atoms with E-state index in [1.807, 2.05) is 18.9 Å². The van der Waals surface area contributed by atoms with Crippen LogP contribution in [0.3, 0.4) is 0 Å². The first kappa shape index (κ1) is 17.1. The lowest BCUT2D eigenvalue weighted by atomic mass is 10.4. The molecule has 0 saturated carbocycles. The largest absolute Gasteiger partial charge is 0.511 e. The molecule has 0 radical (unpaired) electrons. The molecule has 0 unspecified atom stereocenters. The molecule has 3 heterocycles. The monoisotopic (exact) mass is 425 g/mol. The molecule has 0 atom stereocenters. The van der Waals surface area contributed by atoms with Crippen molar-refractivity contribution in [3.05, 3.63) is 28.1 Å². The van der Waals surface area contributed by atoms with Crippen LogP contribution in [0.5, 0.6) is 5.75 Å². The number of carbonyl (C=O) groups is 1. The second-order valence-corrected chi connectivity index (χ2v) is 6.46. The molecular weight excluding hydrogens is 414 g/mol. The van der Waals surface area contributed by atoms with E-state index < -0.39 is 6.16 Å². The van der Waals surface area contributed by atoms with Crippen LogP contribution in [0.1, 0.15) is 5.69 Å². The molecule has 25 heavy (non-hydrogen) atoms. The number of hydrogen-bond donors (Lipinski definition) is 2. The molecule has 0 aliphatic heterocycles. The summed E-state index contributed by atoms with van der Waals surface area (Å²) in [6, 6.07) is 0. The number of rotatable bonds is 4. The average Bonchev–Trinajstić information content (AvgIpc) is 3.17. The predicted octanol–water partition coefficient (Wildman–Crippen LogP) is 2.60. The zero-order valence-corrected chi connectivity index (χ0v) is 15.4. The SMILES string of the molecule is Cc1ncsc1N(C)c1nc(-n2cc(OC(=O)O)cn2)nc(N)c1Br. The van der Waals surface area contributed by atoms with Crippen LogP contribution in [0, 0.1) is 6.92 Å². The Morgan fingerprint density at radius 1 is 1.48 bits per heavy atom. The van der Waals surface area contributed by atoms with Crippen molar-refractivity contribution in [1.29, 1.82) is 0 Å². The van der Waals surface area contributed by atoms with Crippen molar-refractivity contribution >= 4 is 50.1 Å². The molecular formula is C13H12BrN7O3S. The van der Waals surface area contributed by atoms with E-state index in [0.717, 1.165) is 10.7 Å². The summed E-state index contributed by atoms with van der Waals surface area (Å²) in [6.45, 7) is 1.89. The first-order valence-electron chi connectivity index (χ1n) is 6.79. The molecule has 10 nitrogen and oxygen atoms in total. The number of ether oxygens (including phenoxy) is 1. The number of nitrogens with zero attached hydrogens (tertiary/aromatic N) is 6. The number of aryl methyl sites for hydroxylation is 1. The van der Waals surface area contributed by atoms with E-state index in [1.165, 1.54) is 28.4 Å². The van der Waals surface area contributed by atoms with Crippen molar-refractivity contribution in [2.75, 3.05) is 17.7 Å². The number of carboxylic acid groups (broad SMARTS) is 1. The summed E-state index contributed by atoms with van der Waals surface area (Å²) < 4.78 is 6.35. The van der Waals surface area contributed by atoms with Gasteiger partial charge < -0.3 is 20.5 Å². The minimum Gasteiger partial charge on any atom is -0.449 e. The molecule has 3 N–H and O–H groups in total. The molecule has 0 aliphatic rings. The second kappa shape index (κ2) is 6.64. The predicted molar refractivity (Wildman–Crippen MR) is 94.8 cm³/mol. The van der Waals surface area contributed by atoms with Gasteiger partial charge in [0.25, 0.3) is 5.95 Å². The number of anilines is 3.